The Bertz CT molecular complexity index is 655. The Labute approximate surface area is 131 Å². The van der Waals surface area contributed by atoms with Crippen molar-refractivity contribution in [3.63, 3.8) is 0 Å². The van der Waals surface area contributed by atoms with Crippen LogP contribution in [0.4, 0.5) is 5.69 Å². The predicted octanol–water partition coefficient (Wildman–Crippen LogP) is 3.81. The summed E-state index contributed by atoms with van der Waals surface area (Å²) in [5, 5.41) is 5.55. The topological polar surface area (TPSA) is 47.6 Å². The lowest BCUT2D eigenvalue weighted by molar-refractivity contribution is 0.102. The van der Waals surface area contributed by atoms with Crippen LogP contribution in [0.25, 0.3) is 0 Å². The Balaban J connectivity index is 2.03. The number of rotatable bonds is 3. The first-order valence-electron chi connectivity index (χ1n) is 6.43. The number of anilines is 1. The van der Waals surface area contributed by atoms with Gasteiger partial charge in [-0.3, -0.25) is 4.79 Å². The number of ether oxygens (including phenoxy) is 2. The molecule has 21 heavy (non-hydrogen) atoms. The molecule has 3 rings (SSSR count). The zero-order valence-corrected chi connectivity index (χ0v) is 13.3. The van der Waals surface area contributed by atoms with Gasteiger partial charge in [0.15, 0.2) is 17.3 Å². The van der Waals surface area contributed by atoms with Crippen LogP contribution in [0.3, 0.4) is 0 Å². The highest BCUT2D eigenvalue weighted by Crippen LogP contribution is 2.41. The van der Waals surface area contributed by atoms with E-state index in [4.69, 9.17) is 9.47 Å². The van der Waals surface area contributed by atoms with Gasteiger partial charge >= 0.3 is 0 Å². The fourth-order valence-electron chi connectivity index (χ4n) is 2.24. The number of carbonyl (C=O) groups is 1. The molecule has 4 nitrogen and oxygen atoms in total. The number of methoxy groups -OCH3 is 2. The quantitative estimate of drug-likeness (QED) is 0.931. The van der Waals surface area contributed by atoms with Crippen molar-refractivity contribution < 1.29 is 14.3 Å². The van der Waals surface area contributed by atoms with Crippen molar-refractivity contribution in [3.8, 4) is 11.5 Å². The number of nitrogens with one attached hydrogen (secondary N) is 1. The molecule has 110 valence electrons. The van der Waals surface area contributed by atoms with E-state index < -0.39 is 0 Å². The SMILES string of the molecule is COc1cc2c(cc1OC)C(=O)CSC(c1cccs1)N2. The second-order valence-electron chi connectivity index (χ2n) is 4.53. The molecule has 2 heterocycles. The first kappa shape index (κ1) is 14.3. The molecule has 0 bridgehead atoms. The Hall–Kier alpha value is -1.66. The average molecular weight is 321 g/mol. The first-order valence-corrected chi connectivity index (χ1v) is 8.36. The number of thioether (sulfide) groups is 1. The van der Waals surface area contributed by atoms with Crippen LogP contribution in [-0.2, 0) is 0 Å². The molecule has 1 atom stereocenters. The van der Waals surface area contributed by atoms with Gasteiger partial charge in [0.05, 0.1) is 25.7 Å². The van der Waals surface area contributed by atoms with Gasteiger partial charge in [-0.2, -0.15) is 0 Å². The van der Waals surface area contributed by atoms with Gasteiger partial charge in [0, 0.05) is 16.5 Å². The maximum absolute atomic E-state index is 12.3. The Morgan fingerprint density at radius 3 is 2.67 bits per heavy atom. The van der Waals surface area contributed by atoms with Crippen molar-refractivity contribution in [2.24, 2.45) is 0 Å². The molecule has 1 aliphatic rings. The van der Waals surface area contributed by atoms with E-state index in [9.17, 15) is 4.79 Å². The number of Topliss-reactive ketones (excluding diaryl/α,β-unsaturated/α-hetero) is 1. The number of fused-ring (bicyclic) bond motifs is 1. The highest BCUT2D eigenvalue weighted by atomic mass is 32.2. The van der Waals surface area contributed by atoms with Crippen molar-refractivity contribution in [1.82, 2.24) is 0 Å². The van der Waals surface area contributed by atoms with Crippen molar-refractivity contribution in [1.29, 1.82) is 0 Å². The maximum atomic E-state index is 12.3. The van der Waals surface area contributed by atoms with Gasteiger partial charge in [0.25, 0.3) is 0 Å². The zero-order chi connectivity index (χ0) is 14.8. The van der Waals surface area contributed by atoms with Crippen LogP contribution in [0.5, 0.6) is 11.5 Å². The van der Waals surface area contributed by atoms with E-state index in [1.807, 2.05) is 17.5 Å². The van der Waals surface area contributed by atoms with Crippen LogP contribution >= 0.6 is 23.1 Å². The summed E-state index contributed by atoms with van der Waals surface area (Å²) in [6, 6.07) is 7.68. The van der Waals surface area contributed by atoms with Gasteiger partial charge in [0.1, 0.15) is 5.37 Å². The fraction of sp³-hybridized carbons (Fsp3) is 0.267. The van der Waals surface area contributed by atoms with Crippen LogP contribution < -0.4 is 14.8 Å². The monoisotopic (exact) mass is 321 g/mol. The van der Waals surface area contributed by atoms with E-state index in [2.05, 4.69) is 11.4 Å². The highest BCUT2D eigenvalue weighted by molar-refractivity contribution is 8.00. The van der Waals surface area contributed by atoms with Crippen LogP contribution in [-0.4, -0.2) is 25.8 Å². The third kappa shape index (κ3) is 2.73. The third-order valence-corrected chi connectivity index (χ3v) is 5.51. The van der Waals surface area contributed by atoms with Crippen molar-refractivity contribution >= 4 is 34.6 Å². The minimum absolute atomic E-state index is 0.0771. The molecule has 0 amide bonds. The summed E-state index contributed by atoms with van der Waals surface area (Å²) >= 11 is 3.28. The number of hydrogen-bond donors (Lipinski definition) is 1. The van der Waals surface area contributed by atoms with Crippen molar-refractivity contribution in [3.05, 3.63) is 40.1 Å². The van der Waals surface area contributed by atoms with Gasteiger partial charge < -0.3 is 14.8 Å². The molecule has 1 aliphatic heterocycles. The summed E-state index contributed by atoms with van der Waals surface area (Å²) in [6.07, 6.45) is 0. The molecular weight excluding hydrogens is 306 g/mol. The second kappa shape index (κ2) is 5.99. The molecule has 6 heteroatoms. The molecule has 1 aromatic heterocycles. The van der Waals surface area contributed by atoms with Crippen molar-refractivity contribution in [2.75, 3.05) is 25.3 Å². The van der Waals surface area contributed by atoms with E-state index in [0.717, 1.165) is 5.69 Å². The molecule has 0 aliphatic carbocycles. The number of thiophene rings is 1. The molecule has 1 unspecified atom stereocenters. The zero-order valence-electron chi connectivity index (χ0n) is 11.7. The van der Waals surface area contributed by atoms with E-state index in [1.54, 1.807) is 43.4 Å². The Morgan fingerprint density at radius 1 is 1.24 bits per heavy atom. The molecule has 0 radical (unpaired) electrons. The average Bonchev–Trinajstić information content (AvgIpc) is 2.99. The number of carbonyl (C=O) groups excluding carboxylic acids is 1. The fourth-order valence-corrected chi connectivity index (χ4v) is 4.19. The van der Waals surface area contributed by atoms with E-state index in [1.165, 1.54) is 4.88 Å². The van der Waals surface area contributed by atoms with Crippen molar-refractivity contribution in [2.45, 2.75) is 5.37 Å². The van der Waals surface area contributed by atoms with Gasteiger partial charge in [0.2, 0.25) is 0 Å². The number of ketones is 1. The smallest absolute Gasteiger partial charge is 0.175 e. The summed E-state index contributed by atoms with van der Waals surface area (Å²) in [5.74, 6) is 1.74. The molecule has 0 fully saturated rings. The largest absolute Gasteiger partial charge is 0.493 e. The van der Waals surface area contributed by atoms with Gasteiger partial charge in [-0.05, 0) is 17.5 Å². The lowest BCUT2D eigenvalue weighted by Gasteiger charge is -2.17. The standard InChI is InChI=1S/C15H15NO3S2/c1-18-12-6-9-10(7-13(12)19-2)16-15(21-8-11(9)17)14-4-3-5-20-14/h3-7,15-16H,8H2,1-2H3. The molecule has 1 N–H and O–H groups in total. The van der Waals surface area contributed by atoms with Crippen LogP contribution in [0.1, 0.15) is 20.6 Å². The lowest BCUT2D eigenvalue weighted by Crippen LogP contribution is -2.06. The van der Waals surface area contributed by atoms with E-state index in [0.29, 0.717) is 22.8 Å². The molecule has 1 aromatic carbocycles. The summed E-state index contributed by atoms with van der Waals surface area (Å²) in [5.41, 5.74) is 1.44. The molecular formula is C15H15NO3S2. The molecule has 2 aromatic rings. The Kier molecular flexibility index (Phi) is 4.07. The van der Waals surface area contributed by atoms with Gasteiger partial charge in [-0.15, -0.1) is 23.1 Å². The molecule has 0 spiro atoms. The minimum atomic E-state index is 0.0771. The van der Waals surface area contributed by atoms with Gasteiger partial charge in [-0.1, -0.05) is 6.07 Å². The summed E-state index contributed by atoms with van der Waals surface area (Å²) in [6.45, 7) is 0. The van der Waals surface area contributed by atoms with Crippen LogP contribution in [0, 0.1) is 0 Å². The normalized spacial score (nSPS) is 17.6. The first-order chi connectivity index (χ1) is 10.2. The Morgan fingerprint density at radius 2 is 2.00 bits per heavy atom. The second-order valence-corrected chi connectivity index (χ2v) is 6.60. The molecule has 0 saturated heterocycles. The summed E-state index contributed by atoms with van der Waals surface area (Å²) < 4.78 is 10.6. The summed E-state index contributed by atoms with van der Waals surface area (Å²) in [4.78, 5) is 13.5. The number of benzene rings is 1. The molecule has 0 saturated carbocycles. The lowest BCUT2D eigenvalue weighted by atomic mass is 10.1. The summed E-state index contributed by atoms with van der Waals surface area (Å²) in [7, 11) is 3.16. The maximum Gasteiger partial charge on any atom is 0.175 e. The van der Waals surface area contributed by atoms with Crippen LogP contribution in [0.2, 0.25) is 0 Å². The van der Waals surface area contributed by atoms with Crippen LogP contribution in [0.15, 0.2) is 29.6 Å². The highest BCUT2D eigenvalue weighted by Gasteiger charge is 2.25. The number of hydrogen-bond acceptors (Lipinski definition) is 6. The predicted molar refractivity (Wildman–Crippen MR) is 87.0 cm³/mol. The van der Waals surface area contributed by atoms with E-state index in [-0.39, 0.29) is 11.2 Å². The van der Waals surface area contributed by atoms with Gasteiger partial charge in [-0.25, -0.2) is 0 Å². The third-order valence-electron chi connectivity index (χ3n) is 3.29. The minimum Gasteiger partial charge on any atom is -0.493 e. The van der Waals surface area contributed by atoms with E-state index >= 15 is 0 Å².